The van der Waals surface area contributed by atoms with Crippen molar-refractivity contribution in [3.63, 3.8) is 0 Å². The van der Waals surface area contributed by atoms with E-state index in [0.717, 1.165) is 5.56 Å². The Balaban J connectivity index is 1.67. The molecule has 2 heterocycles. The predicted molar refractivity (Wildman–Crippen MR) is 104 cm³/mol. The normalized spacial score (nSPS) is 29.2. The third-order valence-electron chi connectivity index (χ3n) is 5.03. The Labute approximate surface area is 172 Å². The van der Waals surface area contributed by atoms with E-state index >= 15 is 0 Å². The van der Waals surface area contributed by atoms with Crippen molar-refractivity contribution >= 4 is 10.1 Å². The van der Waals surface area contributed by atoms with Crippen LogP contribution in [0.1, 0.15) is 33.3 Å². The maximum absolute atomic E-state index is 12.5. The van der Waals surface area contributed by atoms with E-state index in [2.05, 4.69) is 0 Å². The lowest BCUT2D eigenvalue weighted by Gasteiger charge is -2.28. The quantitative estimate of drug-likeness (QED) is 0.459. The molecule has 1 aromatic carbocycles. The first kappa shape index (κ1) is 22.6. The molecular weight excluding hydrogens is 400 g/mol. The highest BCUT2D eigenvalue weighted by molar-refractivity contribution is 7.86. The van der Waals surface area contributed by atoms with Crippen molar-refractivity contribution in [1.82, 2.24) is 0 Å². The van der Waals surface area contributed by atoms with E-state index < -0.39 is 46.1 Å². The third-order valence-corrected chi connectivity index (χ3v) is 6.33. The lowest BCUT2D eigenvalue weighted by molar-refractivity contribution is -0.231. The first-order valence-electron chi connectivity index (χ1n) is 9.59. The van der Waals surface area contributed by atoms with Gasteiger partial charge in [-0.3, -0.25) is 4.18 Å². The molecule has 2 fully saturated rings. The van der Waals surface area contributed by atoms with Crippen molar-refractivity contribution in [3.8, 4) is 0 Å². The summed E-state index contributed by atoms with van der Waals surface area (Å²) in [5.74, 6) is -1.58. The van der Waals surface area contributed by atoms with E-state index in [4.69, 9.17) is 27.9 Å². The van der Waals surface area contributed by atoms with Gasteiger partial charge in [-0.1, -0.05) is 17.7 Å². The fourth-order valence-corrected chi connectivity index (χ4v) is 4.23. The fourth-order valence-electron chi connectivity index (χ4n) is 3.31. The Morgan fingerprint density at radius 1 is 1.03 bits per heavy atom. The molecule has 0 saturated carbocycles. The van der Waals surface area contributed by atoms with Gasteiger partial charge in [-0.25, -0.2) is 0 Å². The minimum absolute atomic E-state index is 0.100. The van der Waals surface area contributed by atoms with Crippen LogP contribution in [0.4, 0.5) is 0 Å². The van der Waals surface area contributed by atoms with E-state index in [0.29, 0.717) is 0 Å². The molecule has 8 nitrogen and oxygen atoms in total. The Bertz CT molecular complexity index is 802. The molecule has 29 heavy (non-hydrogen) atoms. The van der Waals surface area contributed by atoms with E-state index in [1.807, 2.05) is 20.8 Å². The number of aryl methyl sites for hydroxylation is 1. The molecule has 0 aromatic heterocycles. The van der Waals surface area contributed by atoms with Crippen LogP contribution in [0.3, 0.4) is 0 Å². The van der Waals surface area contributed by atoms with Crippen molar-refractivity contribution in [3.05, 3.63) is 29.8 Å². The van der Waals surface area contributed by atoms with Crippen LogP contribution in [-0.2, 0) is 38.0 Å². The van der Waals surface area contributed by atoms with Gasteiger partial charge in [0.15, 0.2) is 11.6 Å². The minimum Gasteiger partial charge on any atom is -0.364 e. The number of fused-ring (bicyclic) bond motifs is 1. The SMILES string of the molecule is COC(C)(C)OC[C@@H]1OC(COS(=O)(=O)c2ccc(C)cc2)[C@H]2OC(C)(C)O[C@@H]12. The second-order valence-corrected chi connectivity index (χ2v) is 9.86. The summed E-state index contributed by atoms with van der Waals surface area (Å²) < 4.78 is 59.2. The molecule has 3 rings (SSSR count). The van der Waals surface area contributed by atoms with Gasteiger partial charge in [0, 0.05) is 7.11 Å². The third kappa shape index (κ3) is 5.35. The minimum atomic E-state index is -3.91. The highest BCUT2D eigenvalue weighted by Crippen LogP contribution is 2.39. The molecule has 4 atom stereocenters. The number of hydrogen-bond donors (Lipinski definition) is 0. The monoisotopic (exact) mass is 430 g/mol. The van der Waals surface area contributed by atoms with Crippen molar-refractivity contribution in [2.45, 2.75) is 75.5 Å². The summed E-state index contributed by atoms with van der Waals surface area (Å²) in [5.41, 5.74) is 0.964. The fraction of sp³-hybridized carbons (Fsp3) is 0.700. The van der Waals surface area contributed by atoms with Crippen LogP contribution in [0.25, 0.3) is 0 Å². The molecular formula is C20H30O8S. The molecule has 0 N–H and O–H groups in total. The van der Waals surface area contributed by atoms with E-state index in [-0.39, 0.29) is 18.1 Å². The second kappa shape index (κ2) is 8.22. The number of benzene rings is 1. The van der Waals surface area contributed by atoms with Gasteiger partial charge in [0.1, 0.15) is 24.4 Å². The Morgan fingerprint density at radius 3 is 2.14 bits per heavy atom. The average molecular weight is 431 g/mol. The molecule has 2 saturated heterocycles. The summed E-state index contributed by atoms with van der Waals surface area (Å²) >= 11 is 0. The predicted octanol–water partition coefficient (Wildman–Crippen LogP) is 2.39. The van der Waals surface area contributed by atoms with Crippen LogP contribution in [0.15, 0.2) is 29.2 Å². The molecule has 0 radical (unpaired) electrons. The zero-order chi connectivity index (χ0) is 21.4. The van der Waals surface area contributed by atoms with Crippen LogP contribution in [-0.4, -0.2) is 64.7 Å². The summed E-state index contributed by atoms with van der Waals surface area (Å²) in [4.78, 5) is 0.100. The van der Waals surface area contributed by atoms with Crippen LogP contribution >= 0.6 is 0 Å². The summed E-state index contributed by atoms with van der Waals surface area (Å²) in [6.45, 7) is 9.13. The van der Waals surface area contributed by atoms with Gasteiger partial charge in [0.2, 0.25) is 0 Å². The highest BCUT2D eigenvalue weighted by atomic mass is 32.2. The Kier molecular flexibility index (Phi) is 6.41. The van der Waals surface area contributed by atoms with Crippen LogP contribution < -0.4 is 0 Å². The molecule has 9 heteroatoms. The molecule has 164 valence electrons. The first-order valence-corrected chi connectivity index (χ1v) is 11.0. The summed E-state index contributed by atoms with van der Waals surface area (Å²) in [5, 5.41) is 0. The topological polar surface area (TPSA) is 89.5 Å². The zero-order valence-corrected chi connectivity index (χ0v) is 18.5. The Morgan fingerprint density at radius 2 is 1.59 bits per heavy atom. The maximum atomic E-state index is 12.5. The van der Waals surface area contributed by atoms with Gasteiger partial charge in [-0.15, -0.1) is 0 Å². The van der Waals surface area contributed by atoms with E-state index in [1.54, 1.807) is 33.1 Å². The standard InChI is InChI=1S/C20H30O8S/c1-13-7-9-14(10-8-13)29(21,22)25-12-16-18-17(27-20(4,5)28-18)15(26-16)11-24-19(2,3)23-6/h7-10,15-18H,11-12H2,1-6H3/t15-,16?,17-,18+/m0/s1. The zero-order valence-electron chi connectivity index (χ0n) is 17.7. The van der Waals surface area contributed by atoms with Gasteiger partial charge in [-0.05, 0) is 46.8 Å². The van der Waals surface area contributed by atoms with Crippen LogP contribution in [0.5, 0.6) is 0 Å². The molecule has 1 unspecified atom stereocenters. The number of rotatable bonds is 8. The van der Waals surface area contributed by atoms with Crippen molar-refractivity contribution in [2.24, 2.45) is 0 Å². The number of hydrogen-bond acceptors (Lipinski definition) is 8. The van der Waals surface area contributed by atoms with E-state index in [9.17, 15) is 8.42 Å². The number of ether oxygens (including phenoxy) is 5. The summed E-state index contributed by atoms with van der Waals surface area (Å²) in [6.07, 6.45) is -1.90. The van der Waals surface area contributed by atoms with Gasteiger partial charge in [0.05, 0.1) is 18.1 Å². The molecule has 0 spiro atoms. The molecule has 1 aromatic rings. The van der Waals surface area contributed by atoms with Crippen molar-refractivity contribution in [2.75, 3.05) is 20.3 Å². The molecule has 0 amide bonds. The molecule has 0 bridgehead atoms. The maximum Gasteiger partial charge on any atom is 0.297 e. The largest absolute Gasteiger partial charge is 0.364 e. The van der Waals surface area contributed by atoms with Gasteiger partial charge in [0.25, 0.3) is 10.1 Å². The van der Waals surface area contributed by atoms with Crippen molar-refractivity contribution in [1.29, 1.82) is 0 Å². The highest BCUT2D eigenvalue weighted by Gasteiger charge is 2.55. The van der Waals surface area contributed by atoms with E-state index in [1.165, 1.54) is 12.1 Å². The molecule has 0 aliphatic carbocycles. The summed E-state index contributed by atoms with van der Waals surface area (Å²) in [6, 6.07) is 6.48. The molecule has 2 aliphatic rings. The Hall–Kier alpha value is -1.07. The average Bonchev–Trinajstić information content (AvgIpc) is 3.12. The first-order chi connectivity index (χ1) is 13.4. The van der Waals surface area contributed by atoms with Crippen molar-refractivity contribution < 1.29 is 36.3 Å². The number of methoxy groups -OCH3 is 1. The van der Waals surface area contributed by atoms with Crippen LogP contribution in [0.2, 0.25) is 0 Å². The smallest absolute Gasteiger partial charge is 0.297 e. The van der Waals surface area contributed by atoms with Gasteiger partial charge >= 0.3 is 0 Å². The van der Waals surface area contributed by atoms with Crippen LogP contribution in [0, 0.1) is 6.92 Å². The molecule has 2 aliphatic heterocycles. The summed E-state index contributed by atoms with van der Waals surface area (Å²) in [7, 11) is -2.35. The van der Waals surface area contributed by atoms with Gasteiger partial charge in [-0.2, -0.15) is 8.42 Å². The second-order valence-electron chi connectivity index (χ2n) is 8.24. The van der Waals surface area contributed by atoms with Gasteiger partial charge < -0.3 is 23.7 Å². The lowest BCUT2D eigenvalue weighted by atomic mass is 10.1. The lowest BCUT2D eigenvalue weighted by Crippen LogP contribution is -2.37.